The summed E-state index contributed by atoms with van der Waals surface area (Å²) in [5.41, 5.74) is 2.66. The van der Waals surface area contributed by atoms with Crippen LogP contribution in [0.4, 0.5) is 0 Å². The predicted octanol–water partition coefficient (Wildman–Crippen LogP) is 3.96. The van der Waals surface area contributed by atoms with Crippen molar-refractivity contribution in [2.24, 2.45) is 0 Å². The van der Waals surface area contributed by atoms with Crippen LogP contribution in [0.5, 0.6) is 0 Å². The molecule has 0 atom stereocenters. The van der Waals surface area contributed by atoms with E-state index in [1.54, 1.807) is 30.3 Å². The van der Waals surface area contributed by atoms with Crippen molar-refractivity contribution >= 4 is 20.9 Å². The number of imidazole rings is 1. The Morgan fingerprint density at radius 3 is 2.46 bits per heavy atom. The number of aromatic nitrogens is 2. The van der Waals surface area contributed by atoms with Crippen molar-refractivity contribution in [3.8, 4) is 11.6 Å². The van der Waals surface area contributed by atoms with Crippen molar-refractivity contribution in [1.82, 2.24) is 9.97 Å². The highest BCUT2D eigenvalue weighted by atomic mass is 32.2. The Morgan fingerprint density at radius 1 is 0.958 bits per heavy atom. The summed E-state index contributed by atoms with van der Waals surface area (Å²) in [6.07, 6.45) is 0. The first kappa shape index (κ1) is 14.7. The summed E-state index contributed by atoms with van der Waals surface area (Å²) in [7, 11) is -3.68. The largest absolute Gasteiger partial charge is 0.441 e. The Labute approximate surface area is 138 Å². The Kier molecular flexibility index (Phi) is 3.28. The van der Waals surface area contributed by atoms with Crippen LogP contribution in [0.15, 0.2) is 75.1 Å². The predicted molar refractivity (Wildman–Crippen MR) is 90.4 cm³/mol. The molecule has 0 amide bonds. The number of fused-ring (bicyclic) bond motifs is 1. The van der Waals surface area contributed by atoms with Crippen LogP contribution in [0, 0.1) is 6.92 Å². The lowest BCUT2D eigenvalue weighted by molar-refractivity contribution is 0.459. The molecule has 2 aromatic carbocycles. The van der Waals surface area contributed by atoms with Crippen LogP contribution >= 0.6 is 0 Å². The normalized spacial score (nSPS) is 11.9. The number of hydrogen-bond donors (Lipinski definition) is 1. The molecule has 1 N–H and O–H groups in total. The van der Waals surface area contributed by atoms with Crippen molar-refractivity contribution in [2.75, 3.05) is 0 Å². The summed E-state index contributed by atoms with van der Waals surface area (Å²) in [6.45, 7) is 1.91. The molecule has 0 radical (unpaired) electrons. The molecule has 0 spiro atoms. The third-order valence-corrected chi connectivity index (χ3v) is 5.44. The molecule has 4 rings (SSSR count). The zero-order valence-corrected chi connectivity index (χ0v) is 13.7. The molecule has 0 aliphatic heterocycles. The van der Waals surface area contributed by atoms with Crippen LogP contribution in [-0.4, -0.2) is 18.4 Å². The maximum atomic E-state index is 12.6. The maximum Gasteiger partial charge on any atom is 0.239 e. The SMILES string of the molecule is Cc1ccc(S(=O)(=O)c2ccc(-c3nc4ccccc4[nH]3)o2)cc1. The van der Waals surface area contributed by atoms with E-state index in [1.807, 2.05) is 31.2 Å². The average Bonchev–Trinajstić information content (AvgIpc) is 3.22. The molecule has 0 aliphatic rings. The summed E-state index contributed by atoms with van der Waals surface area (Å²) in [5, 5.41) is -0.0955. The first-order chi connectivity index (χ1) is 11.5. The third-order valence-electron chi connectivity index (χ3n) is 3.80. The second kappa shape index (κ2) is 5.35. The Balaban J connectivity index is 1.75. The molecule has 5 nitrogen and oxygen atoms in total. The van der Waals surface area contributed by atoms with E-state index in [4.69, 9.17) is 4.42 Å². The van der Waals surface area contributed by atoms with Gasteiger partial charge in [0.2, 0.25) is 14.9 Å². The van der Waals surface area contributed by atoms with Crippen molar-refractivity contribution < 1.29 is 12.8 Å². The number of sulfone groups is 1. The second-order valence-electron chi connectivity index (χ2n) is 5.54. The van der Waals surface area contributed by atoms with Crippen molar-refractivity contribution in [2.45, 2.75) is 16.9 Å². The first-order valence-electron chi connectivity index (χ1n) is 7.41. The minimum absolute atomic E-state index is 0.0955. The molecular formula is C18H14N2O3S. The lowest BCUT2D eigenvalue weighted by Crippen LogP contribution is -2.00. The number of H-pyrrole nitrogens is 1. The molecule has 4 aromatic rings. The third kappa shape index (κ3) is 2.41. The summed E-state index contributed by atoms with van der Waals surface area (Å²) >= 11 is 0. The van der Waals surface area contributed by atoms with Gasteiger partial charge in [0.15, 0.2) is 11.6 Å². The van der Waals surface area contributed by atoms with Gasteiger partial charge in [0, 0.05) is 0 Å². The maximum absolute atomic E-state index is 12.6. The van der Waals surface area contributed by atoms with Gasteiger partial charge in [-0.25, -0.2) is 13.4 Å². The van der Waals surface area contributed by atoms with Crippen LogP contribution in [-0.2, 0) is 9.84 Å². The van der Waals surface area contributed by atoms with E-state index in [0.29, 0.717) is 11.6 Å². The molecule has 2 heterocycles. The number of para-hydroxylation sites is 2. The van der Waals surface area contributed by atoms with Crippen LogP contribution in [0.1, 0.15) is 5.56 Å². The fourth-order valence-corrected chi connectivity index (χ4v) is 3.67. The number of benzene rings is 2. The standard InChI is InChI=1S/C18H14N2O3S/c1-12-6-8-13(9-7-12)24(21,22)17-11-10-16(23-17)18-19-14-4-2-3-5-15(14)20-18/h2-11H,1H3,(H,19,20). The van der Waals surface area contributed by atoms with Gasteiger partial charge in [0.05, 0.1) is 15.9 Å². The summed E-state index contributed by atoms with van der Waals surface area (Å²) in [5.74, 6) is 0.887. The first-order valence-corrected chi connectivity index (χ1v) is 8.89. The Bertz CT molecular complexity index is 1090. The molecule has 0 saturated carbocycles. The molecule has 6 heteroatoms. The van der Waals surface area contributed by atoms with E-state index in [1.165, 1.54) is 6.07 Å². The van der Waals surface area contributed by atoms with E-state index < -0.39 is 9.84 Å². The van der Waals surface area contributed by atoms with E-state index >= 15 is 0 Å². The lowest BCUT2D eigenvalue weighted by Gasteiger charge is -2.01. The van der Waals surface area contributed by atoms with Gasteiger partial charge in [-0.3, -0.25) is 0 Å². The highest BCUT2D eigenvalue weighted by Gasteiger charge is 2.22. The molecule has 0 fully saturated rings. The van der Waals surface area contributed by atoms with Crippen molar-refractivity contribution in [3.63, 3.8) is 0 Å². The molecule has 120 valence electrons. The van der Waals surface area contributed by atoms with Gasteiger partial charge in [-0.05, 0) is 43.3 Å². The molecule has 24 heavy (non-hydrogen) atoms. The zero-order valence-electron chi connectivity index (χ0n) is 12.9. The quantitative estimate of drug-likeness (QED) is 0.613. The fourth-order valence-electron chi connectivity index (χ4n) is 2.49. The van der Waals surface area contributed by atoms with Crippen molar-refractivity contribution in [3.05, 3.63) is 66.2 Å². The minimum Gasteiger partial charge on any atom is -0.441 e. The summed E-state index contributed by atoms with van der Waals surface area (Å²) in [6, 6.07) is 17.3. The fraction of sp³-hybridized carbons (Fsp3) is 0.0556. The zero-order chi connectivity index (χ0) is 16.7. The van der Waals surface area contributed by atoms with Gasteiger partial charge >= 0.3 is 0 Å². The van der Waals surface area contributed by atoms with E-state index in [-0.39, 0.29) is 9.99 Å². The van der Waals surface area contributed by atoms with Crippen LogP contribution < -0.4 is 0 Å². The van der Waals surface area contributed by atoms with Crippen LogP contribution in [0.25, 0.3) is 22.6 Å². The lowest BCUT2D eigenvalue weighted by atomic mass is 10.2. The Hall–Kier alpha value is -2.86. The molecular weight excluding hydrogens is 324 g/mol. The second-order valence-corrected chi connectivity index (χ2v) is 7.42. The van der Waals surface area contributed by atoms with Gasteiger partial charge in [-0.15, -0.1) is 0 Å². The van der Waals surface area contributed by atoms with E-state index in [2.05, 4.69) is 9.97 Å². The van der Waals surface area contributed by atoms with Gasteiger partial charge in [-0.1, -0.05) is 29.8 Å². The topological polar surface area (TPSA) is 76.0 Å². The number of hydrogen-bond acceptors (Lipinski definition) is 4. The molecule has 2 aromatic heterocycles. The van der Waals surface area contributed by atoms with E-state index in [9.17, 15) is 8.42 Å². The van der Waals surface area contributed by atoms with Crippen LogP contribution in [0.3, 0.4) is 0 Å². The highest BCUT2D eigenvalue weighted by molar-refractivity contribution is 7.91. The monoisotopic (exact) mass is 338 g/mol. The van der Waals surface area contributed by atoms with Crippen molar-refractivity contribution in [1.29, 1.82) is 0 Å². The minimum atomic E-state index is -3.68. The smallest absolute Gasteiger partial charge is 0.239 e. The number of furan rings is 1. The highest BCUT2D eigenvalue weighted by Crippen LogP contribution is 2.28. The average molecular weight is 338 g/mol. The van der Waals surface area contributed by atoms with Crippen LogP contribution in [0.2, 0.25) is 0 Å². The number of aryl methyl sites for hydroxylation is 1. The molecule has 0 aliphatic carbocycles. The Morgan fingerprint density at radius 2 is 1.71 bits per heavy atom. The number of rotatable bonds is 3. The van der Waals surface area contributed by atoms with Gasteiger partial charge < -0.3 is 9.40 Å². The molecule has 0 saturated heterocycles. The van der Waals surface area contributed by atoms with Gasteiger partial charge in [-0.2, -0.15) is 0 Å². The summed E-state index contributed by atoms with van der Waals surface area (Å²) < 4.78 is 30.8. The number of aromatic amines is 1. The van der Waals surface area contributed by atoms with Gasteiger partial charge in [0.1, 0.15) is 0 Å². The molecule has 0 unspecified atom stereocenters. The number of nitrogens with one attached hydrogen (secondary N) is 1. The molecule has 0 bridgehead atoms. The van der Waals surface area contributed by atoms with E-state index in [0.717, 1.165) is 16.6 Å². The summed E-state index contributed by atoms with van der Waals surface area (Å²) in [4.78, 5) is 7.75. The number of nitrogens with zero attached hydrogens (tertiary/aromatic N) is 1. The van der Waals surface area contributed by atoms with Gasteiger partial charge in [0.25, 0.3) is 0 Å².